The first-order valence-electron chi connectivity index (χ1n) is 7.61. The number of piperidine rings is 1. The summed E-state index contributed by atoms with van der Waals surface area (Å²) in [6.07, 6.45) is 5.71. The van der Waals surface area contributed by atoms with Crippen molar-refractivity contribution in [2.24, 2.45) is 7.05 Å². The number of para-hydroxylation sites is 1. The van der Waals surface area contributed by atoms with Crippen LogP contribution in [0.4, 0.5) is 5.82 Å². The molecule has 0 N–H and O–H groups in total. The second kappa shape index (κ2) is 5.36. The van der Waals surface area contributed by atoms with E-state index in [9.17, 15) is 0 Å². The van der Waals surface area contributed by atoms with Gasteiger partial charge in [-0.15, -0.1) is 10.2 Å². The highest BCUT2D eigenvalue weighted by Gasteiger charge is 2.26. The SMILES string of the molecule is Cn1cnnc1[C@H]1CCCN(c2ncnc3ccccc23)C1. The summed E-state index contributed by atoms with van der Waals surface area (Å²) < 4.78 is 2.02. The van der Waals surface area contributed by atoms with Crippen LogP contribution in [0.2, 0.25) is 0 Å². The lowest BCUT2D eigenvalue weighted by Crippen LogP contribution is -2.36. The highest BCUT2D eigenvalue weighted by molar-refractivity contribution is 5.89. The minimum Gasteiger partial charge on any atom is -0.355 e. The van der Waals surface area contributed by atoms with Gasteiger partial charge in [-0.3, -0.25) is 0 Å². The molecular formula is C16H18N6. The molecule has 22 heavy (non-hydrogen) atoms. The predicted molar refractivity (Wildman–Crippen MR) is 84.7 cm³/mol. The van der Waals surface area contributed by atoms with Crippen LogP contribution in [0, 0.1) is 0 Å². The van der Waals surface area contributed by atoms with Gasteiger partial charge in [-0.05, 0) is 25.0 Å². The molecule has 2 aromatic heterocycles. The second-order valence-electron chi connectivity index (χ2n) is 5.80. The average Bonchev–Trinajstić information content (AvgIpc) is 3.00. The smallest absolute Gasteiger partial charge is 0.139 e. The minimum atomic E-state index is 0.398. The van der Waals surface area contributed by atoms with Gasteiger partial charge in [-0.25, -0.2) is 9.97 Å². The number of benzene rings is 1. The van der Waals surface area contributed by atoms with Gasteiger partial charge in [-0.1, -0.05) is 12.1 Å². The van der Waals surface area contributed by atoms with Crippen LogP contribution >= 0.6 is 0 Å². The van der Waals surface area contributed by atoms with Gasteiger partial charge >= 0.3 is 0 Å². The Hall–Kier alpha value is -2.50. The van der Waals surface area contributed by atoms with Gasteiger partial charge in [0.1, 0.15) is 24.3 Å². The van der Waals surface area contributed by atoms with Crippen molar-refractivity contribution in [2.75, 3.05) is 18.0 Å². The minimum absolute atomic E-state index is 0.398. The van der Waals surface area contributed by atoms with Crippen LogP contribution in [0.3, 0.4) is 0 Å². The number of aryl methyl sites for hydroxylation is 1. The lowest BCUT2D eigenvalue weighted by atomic mass is 9.97. The first kappa shape index (κ1) is 13.2. The Bertz CT molecular complexity index is 791. The van der Waals surface area contributed by atoms with Gasteiger partial charge in [0.25, 0.3) is 0 Å². The first-order chi connectivity index (χ1) is 10.8. The molecule has 112 valence electrons. The van der Waals surface area contributed by atoms with Gasteiger partial charge in [-0.2, -0.15) is 0 Å². The lowest BCUT2D eigenvalue weighted by molar-refractivity contribution is 0.478. The van der Waals surface area contributed by atoms with Crippen LogP contribution in [-0.2, 0) is 7.05 Å². The number of nitrogens with zero attached hydrogens (tertiary/aromatic N) is 6. The van der Waals surface area contributed by atoms with E-state index in [4.69, 9.17) is 0 Å². The highest BCUT2D eigenvalue weighted by Crippen LogP contribution is 2.30. The van der Waals surface area contributed by atoms with Crippen molar-refractivity contribution in [2.45, 2.75) is 18.8 Å². The lowest BCUT2D eigenvalue weighted by Gasteiger charge is -2.33. The second-order valence-corrected chi connectivity index (χ2v) is 5.80. The molecule has 4 rings (SSSR count). The molecular weight excluding hydrogens is 276 g/mol. The number of aromatic nitrogens is 5. The molecule has 0 unspecified atom stereocenters. The normalized spacial score (nSPS) is 18.8. The van der Waals surface area contributed by atoms with Crippen molar-refractivity contribution in [1.29, 1.82) is 0 Å². The highest BCUT2D eigenvalue weighted by atomic mass is 15.3. The molecule has 0 radical (unpaired) electrons. The van der Waals surface area contributed by atoms with E-state index in [0.29, 0.717) is 5.92 Å². The maximum Gasteiger partial charge on any atom is 0.139 e. The van der Waals surface area contributed by atoms with Crippen molar-refractivity contribution in [3.63, 3.8) is 0 Å². The third-order valence-electron chi connectivity index (χ3n) is 4.35. The molecule has 0 amide bonds. The van der Waals surface area contributed by atoms with E-state index >= 15 is 0 Å². The summed E-state index contributed by atoms with van der Waals surface area (Å²) in [7, 11) is 2.01. The van der Waals surface area contributed by atoms with Gasteiger partial charge in [0.15, 0.2) is 0 Å². The average molecular weight is 294 g/mol. The van der Waals surface area contributed by atoms with Crippen molar-refractivity contribution in [3.05, 3.63) is 42.7 Å². The Labute approximate surface area is 128 Å². The Balaban J connectivity index is 1.68. The first-order valence-corrected chi connectivity index (χ1v) is 7.61. The zero-order valence-corrected chi connectivity index (χ0v) is 12.6. The van der Waals surface area contributed by atoms with Crippen LogP contribution in [0.5, 0.6) is 0 Å². The van der Waals surface area contributed by atoms with E-state index in [1.807, 2.05) is 29.8 Å². The molecule has 1 atom stereocenters. The zero-order valence-electron chi connectivity index (χ0n) is 12.6. The van der Waals surface area contributed by atoms with Crippen molar-refractivity contribution >= 4 is 16.7 Å². The summed E-state index contributed by atoms with van der Waals surface area (Å²) in [5, 5.41) is 9.41. The molecule has 1 aliphatic heterocycles. The molecule has 6 nitrogen and oxygen atoms in total. The quantitative estimate of drug-likeness (QED) is 0.724. The standard InChI is InChI=1S/C16H18N6/c1-21-11-19-20-15(21)12-5-4-8-22(9-12)16-13-6-2-3-7-14(13)17-10-18-16/h2-3,6-7,10-12H,4-5,8-9H2,1H3/t12-/m0/s1. The molecule has 0 aliphatic carbocycles. The Kier molecular flexibility index (Phi) is 3.21. The van der Waals surface area contributed by atoms with Crippen LogP contribution in [-0.4, -0.2) is 37.8 Å². The van der Waals surface area contributed by atoms with E-state index in [-0.39, 0.29) is 0 Å². The molecule has 1 aliphatic rings. The van der Waals surface area contributed by atoms with Gasteiger partial charge in [0, 0.05) is 31.4 Å². The molecule has 1 fully saturated rings. The van der Waals surface area contributed by atoms with Crippen LogP contribution < -0.4 is 4.90 Å². The van der Waals surface area contributed by atoms with E-state index in [2.05, 4.69) is 31.1 Å². The van der Waals surface area contributed by atoms with E-state index in [0.717, 1.165) is 48.5 Å². The summed E-state index contributed by atoms with van der Waals surface area (Å²) in [6, 6.07) is 8.18. The summed E-state index contributed by atoms with van der Waals surface area (Å²) in [6.45, 7) is 1.95. The summed E-state index contributed by atoms with van der Waals surface area (Å²) in [5.41, 5.74) is 0.994. The van der Waals surface area contributed by atoms with Crippen LogP contribution in [0.15, 0.2) is 36.9 Å². The molecule has 0 saturated carbocycles. The van der Waals surface area contributed by atoms with Gasteiger partial charge in [0.05, 0.1) is 5.52 Å². The zero-order chi connectivity index (χ0) is 14.9. The Morgan fingerprint density at radius 2 is 2.09 bits per heavy atom. The predicted octanol–water partition coefficient (Wildman–Crippen LogP) is 2.14. The fourth-order valence-corrected chi connectivity index (χ4v) is 3.28. The van der Waals surface area contributed by atoms with E-state index in [1.165, 1.54) is 0 Å². The summed E-state index contributed by atoms with van der Waals surface area (Å²) in [4.78, 5) is 11.3. The molecule has 1 saturated heterocycles. The molecule has 6 heteroatoms. The molecule has 1 aromatic carbocycles. The Morgan fingerprint density at radius 3 is 2.95 bits per heavy atom. The van der Waals surface area contributed by atoms with Crippen molar-refractivity contribution < 1.29 is 0 Å². The fourth-order valence-electron chi connectivity index (χ4n) is 3.28. The topological polar surface area (TPSA) is 59.7 Å². The van der Waals surface area contributed by atoms with Crippen molar-refractivity contribution in [1.82, 2.24) is 24.7 Å². The number of anilines is 1. The summed E-state index contributed by atoms with van der Waals surface area (Å²) >= 11 is 0. The van der Waals surface area contributed by atoms with Crippen molar-refractivity contribution in [3.8, 4) is 0 Å². The molecule has 0 bridgehead atoms. The fraction of sp³-hybridized carbons (Fsp3) is 0.375. The summed E-state index contributed by atoms with van der Waals surface area (Å²) in [5.74, 6) is 2.48. The number of hydrogen-bond donors (Lipinski definition) is 0. The van der Waals surface area contributed by atoms with E-state index < -0.39 is 0 Å². The van der Waals surface area contributed by atoms with Gasteiger partial charge < -0.3 is 9.47 Å². The van der Waals surface area contributed by atoms with E-state index in [1.54, 1.807) is 12.7 Å². The number of hydrogen-bond acceptors (Lipinski definition) is 5. The molecule has 3 aromatic rings. The third-order valence-corrected chi connectivity index (χ3v) is 4.35. The third kappa shape index (κ3) is 2.20. The maximum atomic E-state index is 4.54. The Morgan fingerprint density at radius 1 is 1.18 bits per heavy atom. The molecule has 3 heterocycles. The number of rotatable bonds is 2. The van der Waals surface area contributed by atoms with Crippen LogP contribution in [0.25, 0.3) is 10.9 Å². The van der Waals surface area contributed by atoms with Crippen LogP contribution in [0.1, 0.15) is 24.6 Å². The molecule has 0 spiro atoms. The maximum absolute atomic E-state index is 4.54. The van der Waals surface area contributed by atoms with Gasteiger partial charge in [0.2, 0.25) is 0 Å². The number of fused-ring (bicyclic) bond motifs is 1. The largest absolute Gasteiger partial charge is 0.355 e. The monoisotopic (exact) mass is 294 g/mol.